The molecule has 0 saturated carbocycles. The normalized spacial score (nSPS) is 10.5. The molecule has 0 aromatic heterocycles. The first-order valence-corrected chi connectivity index (χ1v) is 7.61. The van der Waals surface area contributed by atoms with Crippen LogP contribution in [0.5, 0.6) is 5.75 Å². The second-order valence-electron chi connectivity index (χ2n) is 4.89. The highest BCUT2D eigenvalue weighted by Gasteiger charge is 2.00. The van der Waals surface area contributed by atoms with Crippen LogP contribution in [0, 0.1) is 0 Å². The second kappa shape index (κ2) is 10.4. The van der Waals surface area contributed by atoms with Crippen molar-refractivity contribution in [2.24, 2.45) is 0 Å². The quantitative estimate of drug-likeness (QED) is 0.479. The van der Waals surface area contributed by atoms with Gasteiger partial charge in [0, 0.05) is 43.3 Å². The number of nitrogens with two attached hydrogens (primary N) is 1. The van der Waals surface area contributed by atoms with E-state index in [-0.39, 0.29) is 0 Å². The van der Waals surface area contributed by atoms with Crippen molar-refractivity contribution >= 4 is 11.4 Å². The van der Waals surface area contributed by atoms with Crippen LogP contribution in [-0.4, -0.2) is 26.4 Å². The topological polar surface area (TPSA) is 56.5 Å². The summed E-state index contributed by atoms with van der Waals surface area (Å²) in [4.78, 5) is 0. The van der Waals surface area contributed by atoms with Crippen LogP contribution in [0.25, 0.3) is 0 Å². The van der Waals surface area contributed by atoms with Crippen LogP contribution in [-0.2, 0) is 4.74 Å². The third kappa shape index (κ3) is 7.24. The van der Waals surface area contributed by atoms with Crippen LogP contribution >= 0.6 is 0 Å². The fourth-order valence-electron chi connectivity index (χ4n) is 1.78. The molecule has 0 spiro atoms. The number of unbranched alkanes of at least 4 members (excludes halogenated alkanes) is 1. The van der Waals surface area contributed by atoms with Crippen molar-refractivity contribution in [1.29, 1.82) is 0 Å². The average molecular weight is 280 g/mol. The maximum atomic E-state index is 5.87. The van der Waals surface area contributed by atoms with E-state index in [4.69, 9.17) is 15.2 Å². The molecule has 0 saturated heterocycles. The molecule has 0 aliphatic heterocycles. The Balaban J connectivity index is 2.26. The second-order valence-corrected chi connectivity index (χ2v) is 4.89. The molecule has 0 atom stereocenters. The summed E-state index contributed by atoms with van der Waals surface area (Å²) >= 11 is 0. The largest absolute Gasteiger partial charge is 0.493 e. The Morgan fingerprint density at radius 1 is 1.00 bits per heavy atom. The maximum absolute atomic E-state index is 5.87. The van der Waals surface area contributed by atoms with Gasteiger partial charge in [-0.3, -0.25) is 0 Å². The minimum atomic E-state index is 0.716. The van der Waals surface area contributed by atoms with E-state index in [2.05, 4.69) is 19.2 Å². The van der Waals surface area contributed by atoms with Gasteiger partial charge in [-0.05, 0) is 25.3 Å². The number of hydrogen-bond acceptors (Lipinski definition) is 4. The molecule has 0 radical (unpaired) electrons. The standard InChI is InChI=1S/C16H28N2O2/c1-3-5-9-19-10-6-7-18-15-11-14(17)12-16(13-15)20-8-4-2/h11-13,18H,3-10,17H2,1-2H3. The van der Waals surface area contributed by atoms with Crippen LogP contribution in [0.15, 0.2) is 18.2 Å². The van der Waals surface area contributed by atoms with Gasteiger partial charge in [-0.15, -0.1) is 0 Å². The van der Waals surface area contributed by atoms with Gasteiger partial charge in [0.25, 0.3) is 0 Å². The smallest absolute Gasteiger partial charge is 0.123 e. The van der Waals surface area contributed by atoms with Crippen molar-refractivity contribution in [3.05, 3.63) is 18.2 Å². The van der Waals surface area contributed by atoms with Crippen molar-refractivity contribution in [3.63, 3.8) is 0 Å². The van der Waals surface area contributed by atoms with Gasteiger partial charge in [-0.1, -0.05) is 20.3 Å². The molecule has 1 aromatic carbocycles. The number of anilines is 2. The Kier molecular flexibility index (Phi) is 8.63. The molecule has 0 aliphatic carbocycles. The van der Waals surface area contributed by atoms with Crippen molar-refractivity contribution in [2.45, 2.75) is 39.5 Å². The molecule has 4 heteroatoms. The number of nitrogen functional groups attached to an aromatic ring is 1. The zero-order valence-corrected chi connectivity index (χ0v) is 12.8. The molecule has 3 N–H and O–H groups in total. The number of nitrogens with one attached hydrogen (secondary N) is 1. The van der Waals surface area contributed by atoms with Gasteiger partial charge in [-0.25, -0.2) is 0 Å². The fraction of sp³-hybridized carbons (Fsp3) is 0.625. The molecule has 4 nitrogen and oxygen atoms in total. The summed E-state index contributed by atoms with van der Waals surface area (Å²) in [6.45, 7) is 7.52. The summed E-state index contributed by atoms with van der Waals surface area (Å²) < 4.78 is 11.1. The molecule has 0 unspecified atom stereocenters. The monoisotopic (exact) mass is 280 g/mol. The van der Waals surface area contributed by atoms with Crippen LogP contribution in [0.1, 0.15) is 39.5 Å². The van der Waals surface area contributed by atoms with Crippen molar-refractivity contribution in [3.8, 4) is 5.75 Å². The summed E-state index contributed by atoms with van der Waals surface area (Å²) in [5.74, 6) is 0.827. The Hall–Kier alpha value is -1.42. The van der Waals surface area contributed by atoms with E-state index < -0.39 is 0 Å². The summed E-state index contributed by atoms with van der Waals surface area (Å²) in [7, 11) is 0. The van der Waals surface area contributed by atoms with E-state index in [0.717, 1.165) is 56.1 Å². The van der Waals surface area contributed by atoms with Gasteiger partial charge >= 0.3 is 0 Å². The zero-order chi connectivity index (χ0) is 14.6. The number of benzene rings is 1. The highest BCUT2D eigenvalue weighted by molar-refractivity contribution is 5.59. The number of hydrogen-bond donors (Lipinski definition) is 2. The van der Waals surface area contributed by atoms with Crippen molar-refractivity contribution in [1.82, 2.24) is 0 Å². The van der Waals surface area contributed by atoms with E-state index in [1.54, 1.807) is 0 Å². The third-order valence-electron chi connectivity index (χ3n) is 2.84. The fourth-order valence-corrected chi connectivity index (χ4v) is 1.78. The van der Waals surface area contributed by atoms with Crippen molar-refractivity contribution in [2.75, 3.05) is 37.4 Å². The average Bonchev–Trinajstić information content (AvgIpc) is 2.43. The molecule has 114 valence electrons. The van der Waals surface area contributed by atoms with Crippen LogP contribution in [0.2, 0.25) is 0 Å². The van der Waals surface area contributed by atoms with Gasteiger partial charge in [0.1, 0.15) is 5.75 Å². The summed E-state index contributed by atoms with van der Waals surface area (Å²) in [5, 5.41) is 3.35. The SMILES string of the molecule is CCCCOCCCNc1cc(N)cc(OCCC)c1. The van der Waals surface area contributed by atoms with E-state index in [1.807, 2.05) is 18.2 Å². The molecular weight excluding hydrogens is 252 g/mol. The Morgan fingerprint density at radius 2 is 1.80 bits per heavy atom. The first-order valence-electron chi connectivity index (χ1n) is 7.61. The molecule has 1 aromatic rings. The van der Waals surface area contributed by atoms with E-state index in [9.17, 15) is 0 Å². The van der Waals surface area contributed by atoms with E-state index in [0.29, 0.717) is 6.61 Å². The Morgan fingerprint density at radius 3 is 2.55 bits per heavy atom. The summed E-state index contributed by atoms with van der Waals surface area (Å²) in [6, 6.07) is 5.77. The first-order chi connectivity index (χ1) is 9.76. The maximum Gasteiger partial charge on any atom is 0.123 e. The van der Waals surface area contributed by atoms with Crippen LogP contribution in [0.3, 0.4) is 0 Å². The van der Waals surface area contributed by atoms with Crippen molar-refractivity contribution < 1.29 is 9.47 Å². The molecule has 0 amide bonds. The van der Waals surface area contributed by atoms with Crippen LogP contribution < -0.4 is 15.8 Å². The summed E-state index contributed by atoms with van der Waals surface area (Å²) in [5.41, 5.74) is 7.60. The van der Waals surface area contributed by atoms with Gasteiger partial charge in [0.2, 0.25) is 0 Å². The minimum absolute atomic E-state index is 0.716. The summed E-state index contributed by atoms with van der Waals surface area (Å²) in [6.07, 6.45) is 4.30. The van der Waals surface area contributed by atoms with Gasteiger partial charge in [0.15, 0.2) is 0 Å². The molecule has 0 aliphatic rings. The highest BCUT2D eigenvalue weighted by atomic mass is 16.5. The lowest BCUT2D eigenvalue weighted by atomic mass is 10.2. The predicted molar refractivity (Wildman–Crippen MR) is 85.5 cm³/mol. The molecule has 0 bridgehead atoms. The lowest BCUT2D eigenvalue weighted by molar-refractivity contribution is 0.131. The molecular formula is C16H28N2O2. The van der Waals surface area contributed by atoms with E-state index >= 15 is 0 Å². The predicted octanol–water partition coefficient (Wildman–Crippen LogP) is 3.68. The van der Waals surface area contributed by atoms with E-state index in [1.165, 1.54) is 6.42 Å². The first kappa shape index (κ1) is 16.6. The Bertz CT molecular complexity index is 369. The highest BCUT2D eigenvalue weighted by Crippen LogP contribution is 2.22. The molecule has 0 fully saturated rings. The van der Waals surface area contributed by atoms with Gasteiger partial charge in [-0.2, -0.15) is 0 Å². The molecule has 20 heavy (non-hydrogen) atoms. The lowest BCUT2D eigenvalue weighted by Gasteiger charge is -2.11. The zero-order valence-electron chi connectivity index (χ0n) is 12.8. The van der Waals surface area contributed by atoms with Crippen LogP contribution in [0.4, 0.5) is 11.4 Å². The van der Waals surface area contributed by atoms with Gasteiger partial charge < -0.3 is 20.5 Å². The minimum Gasteiger partial charge on any atom is -0.493 e. The Labute approximate surface area is 122 Å². The molecule has 1 rings (SSSR count). The number of rotatable bonds is 11. The van der Waals surface area contributed by atoms with Gasteiger partial charge in [0.05, 0.1) is 6.61 Å². The lowest BCUT2D eigenvalue weighted by Crippen LogP contribution is -2.07. The third-order valence-corrected chi connectivity index (χ3v) is 2.84. The molecule has 0 heterocycles. The number of ether oxygens (including phenoxy) is 2.